The zero-order valence-electron chi connectivity index (χ0n) is 16.1. The molecule has 3 nitrogen and oxygen atoms in total. The molecule has 0 saturated carbocycles. The molecule has 0 bridgehead atoms. The van der Waals surface area contributed by atoms with Gasteiger partial charge in [0.05, 0.1) is 27.4 Å². The van der Waals surface area contributed by atoms with E-state index in [0.717, 1.165) is 16.9 Å². The fourth-order valence-electron chi connectivity index (χ4n) is 2.62. The highest BCUT2D eigenvalue weighted by atomic mass is 28.3. The molecule has 0 fully saturated rings. The predicted molar refractivity (Wildman–Crippen MR) is 110 cm³/mol. The molecule has 0 amide bonds. The second-order valence-electron chi connectivity index (χ2n) is 6.99. The van der Waals surface area contributed by atoms with E-state index in [1.54, 1.807) is 20.1 Å². The number of benzene rings is 2. The van der Waals surface area contributed by atoms with Crippen molar-refractivity contribution < 1.29 is 14.3 Å². The van der Waals surface area contributed by atoms with Crippen LogP contribution in [0.1, 0.15) is 28.4 Å². The first-order valence-corrected chi connectivity index (χ1v) is 12.2. The van der Waals surface area contributed by atoms with Gasteiger partial charge < -0.3 is 9.47 Å². The van der Waals surface area contributed by atoms with E-state index in [9.17, 15) is 4.79 Å². The number of ether oxygens (including phenoxy) is 2. The first-order valence-electron chi connectivity index (χ1n) is 8.74. The van der Waals surface area contributed by atoms with E-state index in [4.69, 9.17) is 9.47 Å². The minimum absolute atomic E-state index is 0.299. The van der Waals surface area contributed by atoms with E-state index in [-0.39, 0.29) is 5.97 Å². The van der Waals surface area contributed by atoms with Crippen molar-refractivity contribution in [3.05, 3.63) is 71.0 Å². The van der Waals surface area contributed by atoms with Crippen LogP contribution in [0.3, 0.4) is 0 Å². The van der Waals surface area contributed by atoms with Crippen LogP contribution in [0, 0.1) is 0 Å². The average Bonchev–Trinajstić information content (AvgIpc) is 2.62. The Balaban J connectivity index is 2.43. The van der Waals surface area contributed by atoms with E-state index < -0.39 is 8.07 Å². The van der Waals surface area contributed by atoms with Gasteiger partial charge in [0.15, 0.2) is 0 Å². The van der Waals surface area contributed by atoms with Crippen molar-refractivity contribution in [3.8, 4) is 5.75 Å². The number of carbonyl (C=O) groups excluding carboxylic acids is 1. The molecule has 0 aliphatic carbocycles. The molecule has 2 aromatic rings. The van der Waals surface area contributed by atoms with E-state index in [0.29, 0.717) is 12.2 Å². The molecule has 0 atom stereocenters. The lowest BCUT2D eigenvalue weighted by Crippen LogP contribution is -2.22. The van der Waals surface area contributed by atoms with Crippen molar-refractivity contribution >= 4 is 25.3 Å². The summed E-state index contributed by atoms with van der Waals surface area (Å²) in [6.45, 7) is 9.06. The average molecular weight is 367 g/mol. The second kappa shape index (κ2) is 8.70. The molecule has 0 aliphatic rings. The third kappa shape index (κ3) is 5.22. The van der Waals surface area contributed by atoms with Crippen molar-refractivity contribution in [3.63, 3.8) is 0 Å². The van der Waals surface area contributed by atoms with Crippen molar-refractivity contribution in [2.24, 2.45) is 0 Å². The van der Waals surface area contributed by atoms with E-state index >= 15 is 0 Å². The Morgan fingerprint density at radius 1 is 1.08 bits per heavy atom. The zero-order valence-corrected chi connectivity index (χ0v) is 17.1. The van der Waals surface area contributed by atoms with Gasteiger partial charge in [0.25, 0.3) is 0 Å². The van der Waals surface area contributed by atoms with Gasteiger partial charge in [-0.1, -0.05) is 43.9 Å². The van der Waals surface area contributed by atoms with Crippen LogP contribution in [-0.2, 0) is 4.74 Å². The number of hydrogen-bond donors (Lipinski definition) is 0. The van der Waals surface area contributed by atoms with Gasteiger partial charge in [-0.05, 0) is 53.6 Å². The molecule has 0 heterocycles. The van der Waals surface area contributed by atoms with Gasteiger partial charge in [0, 0.05) is 0 Å². The van der Waals surface area contributed by atoms with E-state index in [1.165, 1.54) is 5.20 Å². The van der Waals surface area contributed by atoms with Crippen molar-refractivity contribution in [2.75, 3.05) is 13.7 Å². The summed E-state index contributed by atoms with van der Waals surface area (Å²) in [5, 5.41) is 1.22. The van der Waals surface area contributed by atoms with Gasteiger partial charge in [0.1, 0.15) is 5.75 Å². The van der Waals surface area contributed by atoms with Gasteiger partial charge >= 0.3 is 5.97 Å². The normalized spacial score (nSPS) is 10.7. The smallest absolute Gasteiger partial charge is 0.338 e. The molecule has 4 heteroatoms. The maximum Gasteiger partial charge on any atom is 0.338 e. The summed E-state index contributed by atoms with van der Waals surface area (Å²) in [6, 6.07) is 15.5. The lowest BCUT2D eigenvalue weighted by Gasteiger charge is -2.19. The molecule has 2 rings (SSSR count). The topological polar surface area (TPSA) is 35.5 Å². The Morgan fingerprint density at radius 2 is 1.77 bits per heavy atom. The number of hydrogen-bond acceptors (Lipinski definition) is 3. The Bertz CT molecular complexity index is 823. The molecule has 0 saturated heterocycles. The van der Waals surface area contributed by atoms with Crippen LogP contribution >= 0.6 is 0 Å². The monoisotopic (exact) mass is 366 g/mol. The Kier molecular flexibility index (Phi) is 6.62. The number of rotatable bonds is 6. The fourth-order valence-corrected chi connectivity index (χ4v) is 4.15. The number of esters is 1. The van der Waals surface area contributed by atoms with Crippen LogP contribution < -0.4 is 4.74 Å². The van der Waals surface area contributed by atoms with E-state index in [2.05, 4.69) is 37.5 Å². The molecular weight excluding hydrogens is 340 g/mol. The van der Waals surface area contributed by atoms with Gasteiger partial charge in [-0.25, -0.2) is 4.79 Å². The van der Waals surface area contributed by atoms with Gasteiger partial charge in [-0.3, -0.25) is 0 Å². The molecule has 0 radical (unpaired) electrons. The standard InChI is InChI=1S/C22H26O3Si/c1-6-25-22(23)19-9-7-8-17(16-19)10-15-21(26(3,4)5)18-11-13-20(24-2)14-12-18/h7-14,16H,6H2,1-5H3. The molecule has 0 aromatic heterocycles. The molecule has 0 unspecified atom stereocenters. The lowest BCUT2D eigenvalue weighted by molar-refractivity contribution is 0.0526. The summed E-state index contributed by atoms with van der Waals surface area (Å²) >= 11 is 0. The molecule has 2 aromatic carbocycles. The maximum absolute atomic E-state index is 11.9. The third-order valence-corrected chi connectivity index (χ3v) is 5.84. The molecule has 26 heavy (non-hydrogen) atoms. The molecule has 0 aliphatic heterocycles. The van der Waals surface area contributed by atoms with Gasteiger partial charge in [-0.15, -0.1) is 5.73 Å². The minimum Gasteiger partial charge on any atom is -0.497 e. The Labute approximate surface area is 157 Å². The highest BCUT2D eigenvalue weighted by Crippen LogP contribution is 2.27. The van der Waals surface area contributed by atoms with Gasteiger partial charge in [0.2, 0.25) is 0 Å². The summed E-state index contributed by atoms with van der Waals surface area (Å²) in [5.41, 5.74) is 6.13. The van der Waals surface area contributed by atoms with Crippen molar-refractivity contribution in [2.45, 2.75) is 26.6 Å². The van der Waals surface area contributed by atoms with Crippen LogP contribution in [-0.4, -0.2) is 27.8 Å². The first-order chi connectivity index (χ1) is 12.3. The van der Waals surface area contributed by atoms with Crippen LogP contribution in [0.2, 0.25) is 19.6 Å². The molecule has 0 N–H and O–H groups in total. The lowest BCUT2D eigenvalue weighted by atomic mass is 10.1. The quantitative estimate of drug-likeness (QED) is 0.388. The van der Waals surface area contributed by atoms with E-state index in [1.807, 2.05) is 36.4 Å². The third-order valence-electron chi connectivity index (χ3n) is 3.91. The fraction of sp³-hybridized carbons (Fsp3) is 0.273. The molecular formula is C22H26O3Si. The van der Waals surface area contributed by atoms with Crippen molar-refractivity contribution in [1.82, 2.24) is 0 Å². The van der Waals surface area contributed by atoms with Crippen molar-refractivity contribution in [1.29, 1.82) is 0 Å². The minimum atomic E-state index is -1.62. The molecule has 0 spiro atoms. The predicted octanol–water partition coefficient (Wildman–Crippen LogP) is 5.45. The van der Waals surface area contributed by atoms with Crippen LogP contribution in [0.25, 0.3) is 11.3 Å². The highest BCUT2D eigenvalue weighted by molar-refractivity contribution is 6.93. The largest absolute Gasteiger partial charge is 0.497 e. The summed E-state index contributed by atoms with van der Waals surface area (Å²) in [6.07, 6.45) is 1.94. The van der Waals surface area contributed by atoms with Gasteiger partial charge in [-0.2, -0.15) is 0 Å². The zero-order chi connectivity index (χ0) is 19.2. The number of carbonyl (C=O) groups is 1. The maximum atomic E-state index is 11.9. The SMILES string of the molecule is CCOC(=O)c1cccc(C=C=C(c2ccc(OC)cc2)[Si](C)(C)C)c1. The van der Waals surface area contributed by atoms with Crippen LogP contribution in [0.15, 0.2) is 54.3 Å². The van der Waals surface area contributed by atoms with Crippen LogP contribution in [0.5, 0.6) is 5.75 Å². The number of methoxy groups -OCH3 is 1. The van der Waals surface area contributed by atoms with Crippen LogP contribution in [0.4, 0.5) is 0 Å². The second-order valence-corrected chi connectivity index (χ2v) is 12.0. The highest BCUT2D eigenvalue weighted by Gasteiger charge is 2.21. The summed E-state index contributed by atoms with van der Waals surface area (Å²) in [7, 11) is 0.0522. The molecule has 136 valence electrons. The Morgan fingerprint density at radius 3 is 2.35 bits per heavy atom. The summed E-state index contributed by atoms with van der Waals surface area (Å²) in [4.78, 5) is 11.9. The first kappa shape index (κ1) is 19.8. The summed E-state index contributed by atoms with van der Waals surface area (Å²) < 4.78 is 10.3. The summed E-state index contributed by atoms with van der Waals surface area (Å²) in [5.74, 6) is 0.544. The Hall–Kier alpha value is -2.55.